The molecule has 3 aliphatic heterocycles. The number of methoxy groups -OCH3 is 1. The van der Waals surface area contributed by atoms with Gasteiger partial charge in [0.1, 0.15) is 11.9 Å². The van der Waals surface area contributed by atoms with Crippen LogP contribution in [0.15, 0.2) is 66.7 Å². The molecule has 3 N–H and O–H groups in total. The Labute approximate surface area is 287 Å². The molecule has 0 unspecified atom stereocenters. The number of aliphatic hydroxyl groups is 2. The highest BCUT2D eigenvalue weighted by Gasteiger charge is 2.67. The first kappa shape index (κ1) is 34.7. The number of hydrogen-bond donors (Lipinski definition) is 3. The molecule has 1 fully saturated rings. The van der Waals surface area contributed by atoms with Crippen LogP contribution in [0.2, 0.25) is 18.6 Å². The highest BCUT2D eigenvalue weighted by molar-refractivity contribution is 6.72. The Hall–Kier alpha value is -4.10. The third kappa shape index (κ3) is 6.27. The SMILES string of the molecule is COc1ccc2c(c1)[C@@]1(O[C@H](CC(=O)N3Cc4ccccc4C[C@H]3CO)[C@@H]([Si](C)(C)F)[C@@H]1C)C(=O)N2Cc1cccc(NC(=O)[C@H](C)O)c1. The number of carbonyl (C=O) groups is 3. The molecule has 3 heterocycles. The van der Waals surface area contributed by atoms with Crippen molar-refractivity contribution in [1.29, 1.82) is 0 Å². The molecule has 12 heteroatoms. The quantitative estimate of drug-likeness (QED) is 0.220. The van der Waals surface area contributed by atoms with E-state index in [1.165, 1.54) is 14.0 Å². The van der Waals surface area contributed by atoms with Crippen LogP contribution in [0, 0.1) is 5.92 Å². The summed E-state index contributed by atoms with van der Waals surface area (Å²) in [6.07, 6.45) is -1.69. The predicted octanol–water partition coefficient (Wildman–Crippen LogP) is 4.67. The number of aliphatic hydroxyl groups excluding tert-OH is 2. The Bertz CT molecular complexity index is 1760. The van der Waals surface area contributed by atoms with Gasteiger partial charge in [0.15, 0.2) is 5.60 Å². The number of carbonyl (C=O) groups excluding carboxylic acids is 3. The van der Waals surface area contributed by atoms with Crippen molar-refractivity contribution in [1.82, 2.24) is 4.90 Å². The van der Waals surface area contributed by atoms with Gasteiger partial charge in [-0.2, -0.15) is 0 Å². The summed E-state index contributed by atoms with van der Waals surface area (Å²) >= 11 is 0. The largest absolute Gasteiger partial charge is 0.497 e. The van der Waals surface area contributed by atoms with Crippen molar-refractivity contribution in [2.45, 2.75) is 82.3 Å². The molecule has 0 radical (unpaired) electrons. The maximum absolute atomic E-state index is 16.5. The highest BCUT2D eigenvalue weighted by atomic mass is 28.4. The molecule has 0 aliphatic carbocycles. The van der Waals surface area contributed by atoms with E-state index in [1.807, 2.05) is 37.3 Å². The van der Waals surface area contributed by atoms with Crippen molar-refractivity contribution in [2.75, 3.05) is 23.9 Å². The lowest BCUT2D eigenvalue weighted by molar-refractivity contribution is -0.151. The van der Waals surface area contributed by atoms with E-state index in [1.54, 1.807) is 59.3 Å². The second-order valence-corrected chi connectivity index (χ2v) is 17.7. The maximum Gasteiger partial charge on any atom is 0.264 e. The van der Waals surface area contributed by atoms with Gasteiger partial charge in [-0.3, -0.25) is 14.4 Å². The molecule has 260 valence electrons. The highest BCUT2D eigenvalue weighted by Crippen LogP contribution is 2.60. The molecule has 6 atom stereocenters. The number of amides is 3. The van der Waals surface area contributed by atoms with Gasteiger partial charge in [0.25, 0.3) is 11.8 Å². The molecule has 6 rings (SSSR count). The van der Waals surface area contributed by atoms with E-state index in [9.17, 15) is 24.6 Å². The molecular formula is C37H44FN3O7Si. The van der Waals surface area contributed by atoms with E-state index >= 15 is 4.11 Å². The van der Waals surface area contributed by atoms with Gasteiger partial charge in [0, 0.05) is 29.3 Å². The number of rotatable bonds is 9. The van der Waals surface area contributed by atoms with E-state index in [-0.39, 0.29) is 31.4 Å². The summed E-state index contributed by atoms with van der Waals surface area (Å²) in [6.45, 7) is 6.67. The first-order chi connectivity index (χ1) is 23.3. The summed E-state index contributed by atoms with van der Waals surface area (Å²) in [6, 6.07) is 19.7. The third-order valence-corrected chi connectivity index (χ3v) is 12.8. The van der Waals surface area contributed by atoms with Gasteiger partial charge in [-0.05, 0) is 73.5 Å². The van der Waals surface area contributed by atoms with Gasteiger partial charge in [-0.15, -0.1) is 0 Å². The van der Waals surface area contributed by atoms with E-state index in [4.69, 9.17) is 9.47 Å². The number of hydrogen-bond acceptors (Lipinski definition) is 7. The molecule has 1 saturated heterocycles. The minimum absolute atomic E-state index is 0.129. The summed E-state index contributed by atoms with van der Waals surface area (Å²) < 4.78 is 28.8. The van der Waals surface area contributed by atoms with Gasteiger partial charge in [-0.25, -0.2) is 0 Å². The van der Waals surface area contributed by atoms with Gasteiger partial charge in [0.2, 0.25) is 14.3 Å². The van der Waals surface area contributed by atoms with Crippen LogP contribution in [0.25, 0.3) is 0 Å². The number of nitrogens with zero attached hydrogens (tertiary/aromatic N) is 2. The zero-order valence-corrected chi connectivity index (χ0v) is 29.5. The summed E-state index contributed by atoms with van der Waals surface area (Å²) in [4.78, 5) is 44.3. The van der Waals surface area contributed by atoms with Crippen LogP contribution < -0.4 is 15.0 Å². The van der Waals surface area contributed by atoms with E-state index < -0.39 is 49.6 Å². The average Bonchev–Trinajstić information content (AvgIpc) is 3.49. The van der Waals surface area contributed by atoms with Crippen LogP contribution in [-0.4, -0.2) is 73.2 Å². The first-order valence-corrected chi connectivity index (χ1v) is 19.7. The van der Waals surface area contributed by atoms with Crippen LogP contribution >= 0.6 is 0 Å². The van der Waals surface area contributed by atoms with Gasteiger partial charge in [-0.1, -0.05) is 43.3 Å². The number of benzene rings is 3. The number of ether oxygens (including phenoxy) is 2. The lowest BCUT2D eigenvalue weighted by Gasteiger charge is -2.37. The van der Waals surface area contributed by atoms with Gasteiger partial charge >= 0.3 is 0 Å². The lowest BCUT2D eigenvalue weighted by atomic mass is 9.82. The lowest BCUT2D eigenvalue weighted by Crippen LogP contribution is -2.48. The normalized spacial score (nSPS) is 25.3. The molecule has 0 bridgehead atoms. The fourth-order valence-corrected chi connectivity index (χ4v) is 10.5. The maximum atomic E-state index is 16.5. The average molecular weight is 690 g/mol. The fourth-order valence-electron chi connectivity index (χ4n) is 8.02. The molecular weight excluding hydrogens is 646 g/mol. The Kier molecular flexibility index (Phi) is 9.44. The first-order valence-electron chi connectivity index (χ1n) is 16.7. The molecule has 10 nitrogen and oxygen atoms in total. The second kappa shape index (κ2) is 13.3. The molecule has 3 aromatic carbocycles. The zero-order chi connectivity index (χ0) is 35.2. The van der Waals surface area contributed by atoms with Crippen LogP contribution in [0.5, 0.6) is 5.75 Å². The minimum atomic E-state index is -3.55. The number of fused-ring (bicyclic) bond motifs is 3. The minimum Gasteiger partial charge on any atom is -0.497 e. The third-order valence-electron chi connectivity index (χ3n) is 10.3. The van der Waals surface area contributed by atoms with Crippen LogP contribution in [0.4, 0.5) is 15.5 Å². The monoisotopic (exact) mass is 689 g/mol. The number of anilines is 2. The summed E-state index contributed by atoms with van der Waals surface area (Å²) in [7, 11) is -2.02. The van der Waals surface area contributed by atoms with Gasteiger partial charge in [0.05, 0.1) is 44.5 Å². The van der Waals surface area contributed by atoms with Crippen molar-refractivity contribution in [2.24, 2.45) is 5.92 Å². The summed E-state index contributed by atoms with van der Waals surface area (Å²) in [5, 5.41) is 22.6. The van der Waals surface area contributed by atoms with Gasteiger partial charge < -0.3 is 38.9 Å². The standard InChI is InChI=1S/C37H44FN3O7Si/c1-22-34(49(4,5)38)32(18-33(44)40-20-26-11-7-6-10-25(26)16-28(40)21-42)48-37(22)30-17-29(47-3)13-14-31(30)41(36(37)46)19-24-9-8-12-27(15-24)39-35(45)23(2)43/h6-15,17,22-23,28,32,34,42-43H,16,18-21H2,1-5H3,(H,39,45)/t22-,23-,28-,32+,34-,37+/m0/s1. The fraction of sp³-hybridized carbons (Fsp3) is 0.432. The summed E-state index contributed by atoms with van der Waals surface area (Å²) in [5.74, 6) is -1.28. The van der Waals surface area contributed by atoms with Crippen LogP contribution in [0.1, 0.15) is 42.5 Å². The van der Waals surface area contributed by atoms with E-state index in [0.29, 0.717) is 41.2 Å². The Morgan fingerprint density at radius 3 is 2.53 bits per heavy atom. The Morgan fingerprint density at radius 1 is 1.12 bits per heavy atom. The molecule has 3 aliphatic rings. The molecule has 0 aromatic heterocycles. The van der Waals surface area contributed by atoms with Crippen molar-refractivity contribution < 1.29 is 38.2 Å². The Balaban J connectivity index is 1.34. The van der Waals surface area contributed by atoms with E-state index in [2.05, 4.69) is 5.32 Å². The van der Waals surface area contributed by atoms with E-state index in [0.717, 1.165) is 11.1 Å². The van der Waals surface area contributed by atoms with Crippen LogP contribution in [-0.2, 0) is 44.2 Å². The molecule has 3 amide bonds. The Morgan fingerprint density at radius 2 is 1.86 bits per heavy atom. The van der Waals surface area contributed by atoms with Crippen molar-refractivity contribution >= 4 is 37.5 Å². The molecule has 3 aromatic rings. The second-order valence-electron chi connectivity index (χ2n) is 13.9. The van der Waals surface area contributed by atoms with Crippen molar-refractivity contribution in [3.05, 3.63) is 89.0 Å². The molecule has 49 heavy (non-hydrogen) atoms. The zero-order valence-electron chi connectivity index (χ0n) is 28.5. The van der Waals surface area contributed by atoms with Crippen LogP contribution in [0.3, 0.4) is 0 Å². The molecule has 0 saturated carbocycles. The topological polar surface area (TPSA) is 129 Å². The predicted molar refractivity (Wildman–Crippen MR) is 185 cm³/mol. The van der Waals surface area contributed by atoms with Crippen molar-refractivity contribution in [3.8, 4) is 5.75 Å². The number of nitrogens with one attached hydrogen (secondary N) is 1. The van der Waals surface area contributed by atoms with Crippen molar-refractivity contribution in [3.63, 3.8) is 0 Å². The number of halogens is 1. The summed E-state index contributed by atoms with van der Waals surface area (Å²) in [5.41, 5.74) is 2.16. The molecule has 1 spiro atoms. The smallest absolute Gasteiger partial charge is 0.264 e.